The van der Waals surface area contributed by atoms with Gasteiger partial charge >= 0.3 is 0 Å². The van der Waals surface area contributed by atoms with Gasteiger partial charge in [-0.1, -0.05) is 0 Å². The predicted molar refractivity (Wildman–Crippen MR) is 63.8 cm³/mol. The van der Waals surface area contributed by atoms with E-state index in [2.05, 4.69) is 9.97 Å². The van der Waals surface area contributed by atoms with E-state index in [0.717, 1.165) is 10.2 Å². The molecule has 0 unspecified atom stereocenters. The molecule has 86 valence electrons. The Balaban J connectivity index is 2.12. The van der Waals surface area contributed by atoms with Crippen molar-refractivity contribution in [3.05, 3.63) is 11.4 Å². The molecule has 2 aromatic heterocycles. The molecule has 2 heterocycles. The zero-order chi connectivity index (χ0) is 11.4. The fraction of sp³-hybridized carbons (Fsp3) is 0.400. The molecule has 0 aliphatic rings. The van der Waals surface area contributed by atoms with Crippen LogP contribution in [0.4, 0.5) is 5.95 Å². The summed E-state index contributed by atoms with van der Waals surface area (Å²) in [6.07, 6.45) is 0. The zero-order valence-corrected chi connectivity index (χ0v) is 9.79. The normalized spacial score (nSPS) is 10.8. The van der Waals surface area contributed by atoms with Crippen molar-refractivity contribution in [2.24, 2.45) is 0 Å². The van der Waals surface area contributed by atoms with Crippen LogP contribution in [-0.2, 0) is 4.74 Å². The number of fused-ring (bicyclic) bond motifs is 1. The second-order valence-corrected chi connectivity index (χ2v) is 3.97. The van der Waals surface area contributed by atoms with Crippen molar-refractivity contribution in [1.82, 2.24) is 9.97 Å². The number of nitrogens with zero attached hydrogens (tertiary/aromatic N) is 2. The minimum atomic E-state index is 0.237. The lowest BCUT2D eigenvalue weighted by Gasteiger charge is -2.06. The third-order valence-corrected chi connectivity index (χ3v) is 2.78. The monoisotopic (exact) mass is 239 g/mol. The first kappa shape index (κ1) is 11.1. The highest BCUT2D eigenvalue weighted by Crippen LogP contribution is 2.27. The second kappa shape index (κ2) is 5.09. The van der Waals surface area contributed by atoms with Crippen LogP contribution in [0.3, 0.4) is 0 Å². The van der Waals surface area contributed by atoms with Gasteiger partial charge in [0.05, 0.1) is 12.0 Å². The summed E-state index contributed by atoms with van der Waals surface area (Å²) in [4.78, 5) is 9.03. The largest absolute Gasteiger partial charge is 0.475 e. The second-order valence-electron chi connectivity index (χ2n) is 3.07. The Morgan fingerprint density at radius 2 is 2.25 bits per heavy atom. The first-order valence-corrected chi connectivity index (χ1v) is 5.90. The molecule has 0 fully saturated rings. The predicted octanol–water partition coefficient (Wildman–Crippen LogP) is 1.69. The molecule has 0 saturated heterocycles. The van der Waals surface area contributed by atoms with Crippen LogP contribution in [0, 0.1) is 0 Å². The molecular weight excluding hydrogens is 226 g/mol. The summed E-state index contributed by atoms with van der Waals surface area (Å²) < 4.78 is 10.7. The van der Waals surface area contributed by atoms with Gasteiger partial charge in [0, 0.05) is 6.61 Å². The molecule has 0 spiro atoms. The Morgan fingerprint density at radius 1 is 1.38 bits per heavy atom. The maximum Gasteiger partial charge on any atom is 0.227 e. The maximum atomic E-state index is 5.59. The van der Waals surface area contributed by atoms with Gasteiger partial charge < -0.3 is 15.2 Å². The first-order valence-electron chi connectivity index (χ1n) is 5.02. The summed E-state index contributed by atoms with van der Waals surface area (Å²) in [5.74, 6) is 0.768. The number of hydrogen-bond donors (Lipinski definition) is 1. The molecule has 0 aromatic carbocycles. The van der Waals surface area contributed by atoms with E-state index in [1.807, 2.05) is 18.4 Å². The van der Waals surface area contributed by atoms with Gasteiger partial charge in [0.15, 0.2) is 0 Å². The third kappa shape index (κ3) is 2.40. The average Bonchev–Trinajstić information content (AvgIpc) is 2.72. The van der Waals surface area contributed by atoms with E-state index in [-0.39, 0.29) is 5.95 Å². The fourth-order valence-electron chi connectivity index (χ4n) is 1.30. The van der Waals surface area contributed by atoms with Crippen LogP contribution < -0.4 is 10.5 Å². The molecular formula is C10H13N3O2S. The molecule has 0 saturated carbocycles. The number of anilines is 1. The van der Waals surface area contributed by atoms with Crippen molar-refractivity contribution >= 4 is 27.5 Å². The highest BCUT2D eigenvalue weighted by molar-refractivity contribution is 7.16. The number of ether oxygens (including phenoxy) is 2. The van der Waals surface area contributed by atoms with Gasteiger partial charge in [-0.3, -0.25) is 0 Å². The number of nitrogens with two attached hydrogens (primary N) is 1. The van der Waals surface area contributed by atoms with Crippen molar-refractivity contribution in [1.29, 1.82) is 0 Å². The van der Waals surface area contributed by atoms with Gasteiger partial charge in [-0.25, -0.2) is 4.98 Å². The van der Waals surface area contributed by atoms with Gasteiger partial charge in [-0.2, -0.15) is 4.98 Å². The number of thiophene rings is 1. The summed E-state index contributed by atoms with van der Waals surface area (Å²) in [7, 11) is 0. The Labute approximate surface area is 97.2 Å². The summed E-state index contributed by atoms with van der Waals surface area (Å²) in [6, 6.07) is 1.93. The topological polar surface area (TPSA) is 70.3 Å². The molecule has 2 rings (SSSR count). The van der Waals surface area contributed by atoms with Crippen molar-refractivity contribution in [3.63, 3.8) is 0 Å². The third-order valence-electron chi connectivity index (χ3n) is 1.98. The smallest absolute Gasteiger partial charge is 0.227 e. The highest BCUT2D eigenvalue weighted by atomic mass is 32.1. The van der Waals surface area contributed by atoms with Crippen molar-refractivity contribution < 1.29 is 9.47 Å². The number of aromatic nitrogens is 2. The molecule has 5 nitrogen and oxygen atoms in total. The summed E-state index contributed by atoms with van der Waals surface area (Å²) in [5, 5.41) is 2.84. The van der Waals surface area contributed by atoms with Crippen LogP contribution in [0.1, 0.15) is 6.92 Å². The molecule has 0 bridgehead atoms. The number of hydrogen-bond acceptors (Lipinski definition) is 6. The molecule has 2 N–H and O–H groups in total. The molecule has 0 aliphatic carbocycles. The number of nitrogen functional groups attached to an aromatic ring is 1. The maximum absolute atomic E-state index is 5.59. The van der Waals surface area contributed by atoms with Crippen molar-refractivity contribution in [2.45, 2.75) is 6.92 Å². The fourth-order valence-corrected chi connectivity index (χ4v) is 2.06. The molecule has 6 heteroatoms. The summed E-state index contributed by atoms with van der Waals surface area (Å²) >= 11 is 1.52. The van der Waals surface area contributed by atoms with Crippen LogP contribution in [0.15, 0.2) is 11.4 Å². The molecule has 0 aliphatic heterocycles. The van der Waals surface area contributed by atoms with Crippen LogP contribution >= 0.6 is 11.3 Å². The molecule has 0 radical (unpaired) electrons. The van der Waals surface area contributed by atoms with E-state index in [4.69, 9.17) is 15.2 Å². The van der Waals surface area contributed by atoms with E-state index in [9.17, 15) is 0 Å². The Morgan fingerprint density at radius 3 is 3.06 bits per heavy atom. The SMILES string of the molecule is CCOCCOc1nc(N)nc2sccc12. The van der Waals surface area contributed by atoms with E-state index in [1.54, 1.807) is 0 Å². The first-order chi connectivity index (χ1) is 7.81. The van der Waals surface area contributed by atoms with Crippen LogP contribution in [-0.4, -0.2) is 29.8 Å². The Kier molecular flexibility index (Phi) is 3.53. The molecule has 0 atom stereocenters. The van der Waals surface area contributed by atoms with Crippen LogP contribution in [0.2, 0.25) is 0 Å². The molecule has 2 aromatic rings. The molecule has 16 heavy (non-hydrogen) atoms. The Hall–Kier alpha value is -1.40. The van der Waals surface area contributed by atoms with E-state index < -0.39 is 0 Å². The standard InChI is InChI=1S/C10H13N3O2S/c1-2-14-4-5-15-8-7-3-6-16-9(7)13-10(11)12-8/h3,6H,2,4-5H2,1H3,(H2,11,12,13). The van der Waals surface area contributed by atoms with Gasteiger partial charge in [0.2, 0.25) is 11.8 Å². The lowest BCUT2D eigenvalue weighted by atomic mass is 10.4. The number of rotatable bonds is 5. The van der Waals surface area contributed by atoms with Gasteiger partial charge in [-0.15, -0.1) is 11.3 Å². The lowest BCUT2D eigenvalue weighted by molar-refractivity contribution is 0.109. The highest BCUT2D eigenvalue weighted by Gasteiger charge is 2.08. The minimum Gasteiger partial charge on any atom is -0.475 e. The van der Waals surface area contributed by atoms with Gasteiger partial charge in [0.25, 0.3) is 0 Å². The Bertz CT molecular complexity index is 472. The zero-order valence-electron chi connectivity index (χ0n) is 8.97. The quantitative estimate of drug-likeness (QED) is 0.804. The summed E-state index contributed by atoms with van der Waals surface area (Å²) in [5.41, 5.74) is 5.59. The van der Waals surface area contributed by atoms with E-state index in [0.29, 0.717) is 25.7 Å². The van der Waals surface area contributed by atoms with Crippen molar-refractivity contribution in [2.75, 3.05) is 25.6 Å². The van der Waals surface area contributed by atoms with E-state index >= 15 is 0 Å². The van der Waals surface area contributed by atoms with Crippen LogP contribution in [0.5, 0.6) is 5.88 Å². The van der Waals surface area contributed by atoms with Gasteiger partial charge in [0.1, 0.15) is 11.4 Å². The average molecular weight is 239 g/mol. The van der Waals surface area contributed by atoms with E-state index in [1.165, 1.54) is 11.3 Å². The lowest BCUT2D eigenvalue weighted by Crippen LogP contribution is -2.08. The van der Waals surface area contributed by atoms with Crippen LogP contribution in [0.25, 0.3) is 10.2 Å². The molecule has 0 amide bonds. The minimum absolute atomic E-state index is 0.237. The summed E-state index contributed by atoms with van der Waals surface area (Å²) in [6.45, 7) is 3.64. The van der Waals surface area contributed by atoms with Crippen molar-refractivity contribution in [3.8, 4) is 5.88 Å². The van der Waals surface area contributed by atoms with Gasteiger partial charge in [-0.05, 0) is 18.4 Å².